The lowest BCUT2D eigenvalue weighted by molar-refractivity contribution is 0.0900. The molecule has 1 saturated carbocycles. The first kappa shape index (κ1) is 15.5. The van der Waals surface area contributed by atoms with E-state index in [-0.39, 0.29) is 23.6 Å². The van der Waals surface area contributed by atoms with Gasteiger partial charge in [0, 0.05) is 26.6 Å². The Labute approximate surface area is 133 Å². The van der Waals surface area contributed by atoms with Crippen molar-refractivity contribution in [2.45, 2.75) is 38.1 Å². The Balaban J connectivity index is 1.72. The van der Waals surface area contributed by atoms with Crippen LogP contribution in [-0.4, -0.2) is 36.3 Å². The van der Waals surface area contributed by atoms with Gasteiger partial charge in [-0.3, -0.25) is 9.36 Å². The number of hydrogen-bond acceptors (Lipinski definition) is 4. The SMILES string of the molecule is Cn1nc(C[C@H]2CCCC[C@H]2NC(=O)c2cnc[nH]2)n(C)c1=O. The number of imidazole rings is 1. The van der Waals surface area contributed by atoms with Gasteiger partial charge >= 0.3 is 5.69 Å². The summed E-state index contributed by atoms with van der Waals surface area (Å²) in [6, 6.07) is 0.0941. The van der Waals surface area contributed by atoms with E-state index < -0.39 is 0 Å². The first-order chi connectivity index (χ1) is 11.1. The summed E-state index contributed by atoms with van der Waals surface area (Å²) in [5.41, 5.74) is 0.355. The van der Waals surface area contributed by atoms with Crippen molar-refractivity contribution in [1.29, 1.82) is 0 Å². The van der Waals surface area contributed by atoms with E-state index in [4.69, 9.17) is 0 Å². The molecule has 0 unspecified atom stereocenters. The van der Waals surface area contributed by atoms with Crippen molar-refractivity contribution in [1.82, 2.24) is 29.6 Å². The number of carbonyl (C=O) groups is 1. The molecule has 0 saturated heterocycles. The van der Waals surface area contributed by atoms with Crippen LogP contribution in [0.5, 0.6) is 0 Å². The highest BCUT2D eigenvalue weighted by molar-refractivity contribution is 5.92. The Morgan fingerprint density at radius 2 is 2.17 bits per heavy atom. The van der Waals surface area contributed by atoms with Gasteiger partial charge in [0.1, 0.15) is 11.5 Å². The zero-order valence-corrected chi connectivity index (χ0v) is 13.5. The topological polar surface area (TPSA) is 97.6 Å². The summed E-state index contributed by atoms with van der Waals surface area (Å²) in [5.74, 6) is 0.927. The molecule has 0 aromatic carbocycles. The average Bonchev–Trinajstić information content (AvgIpc) is 3.15. The second kappa shape index (κ2) is 6.39. The Bertz CT molecular complexity index is 730. The number of rotatable bonds is 4. The number of nitrogens with zero attached hydrogens (tertiary/aromatic N) is 4. The smallest absolute Gasteiger partial charge is 0.345 e. The standard InChI is InChI=1S/C15H22N6O2/c1-20-13(19-21(2)15(20)23)7-10-5-3-4-6-11(10)18-14(22)12-8-16-9-17-12/h8-11H,3-7H2,1-2H3,(H,16,17)(H,18,22)/t10-,11-/m1/s1. The lowest BCUT2D eigenvalue weighted by atomic mass is 9.82. The van der Waals surface area contributed by atoms with Crippen molar-refractivity contribution in [3.05, 3.63) is 34.5 Å². The van der Waals surface area contributed by atoms with Gasteiger partial charge in [0.25, 0.3) is 5.91 Å². The molecule has 3 rings (SSSR count). The van der Waals surface area contributed by atoms with Crippen LogP contribution in [0, 0.1) is 5.92 Å². The molecule has 2 N–H and O–H groups in total. The Kier molecular flexibility index (Phi) is 4.31. The zero-order chi connectivity index (χ0) is 16.4. The fourth-order valence-electron chi connectivity index (χ4n) is 3.29. The van der Waals surface area contributed by atoms with Crippen LogP contribution in [-0.2, 0) is 20.5 Å². The van der Waals surface area contributed by atoms with Gasteiger partial charge in [0.15, 0.2) is 0 Å². The molecule has 1 amide bonds. The molecule has 0 bridgehead atoms. The van der Waals surface area contributed by atoms with Crippen LogP contribution in [0.4, 0.5) is 0 Å². The van der Waals surface area contributed by atoms with Gasteiger partial charge < -0.3 is 10.3 Å². The number of hydrogen-bond donors (Lipinski definition) is 2. The van der Waals surface area contributed by atoms with E-state index in [1.54, 1.807) is 18.7 Å². The number of carbonyl (C=O) groups excluding carboxylic acids is 1. The van der Waals surface area contributed by atoms with E-state index in [1.807, 2.05) is 0 Å². The zero-order valence-electron chi connectivity index (χ0n) is 13.5. The van der Waals surface area contributed by atoms with Crippen LogP contribution >= 0.6 is 0 Å². The van der Waals surface area contributed by atoms with E-state index in [1.165, 1.54) is 17.2 Å². The van der Waals surface area contributed by atoms with Gasteiger partial charge in [-0.25, -0.2) is 14.5 Å². The normalized spacial score (nSPS) is 21.3. The number of aromatic amines is 1. The van der Waals surface area contributed by atoms with Gasteiger partial charge in [-0.2, -0.15) is 5.10 Å². The maximum absolute atomic E-state index is 12.2. The van der Waals surface area contributed by atoms with Crippen molar-refractivity contribution < 1.29 is 4.79 Å². The average molecular weight is 318 g/mol. The molecular weight excluding hydrogens is 296 g/mol. The predicted molar refractivity (Wildman–Crippen MR) is 84.0 cm³/mol. The molecule has 124 valence electrons. The number of nitrogens with one attached hydrogen (secondary N) is 2. The van der Waals surface area contributed by atoms with Crippen molar-refractivity contribution >= 4 is 5.91 Å². The van der Waals surface area contributed by atoms with Gasteiger partial charge in [-0.1, -0.05) is 12.8 Å². The number of aromatic nitrogens is 5. The van der Waals surface area contributed by atoms with Crippen LogP contribution in [0.3, 0.4) is 0 Å². The Morgan fingerprint density at radius 1 is 1.39 bits per heavy atom. The molecular formula is C15H22N6O2. The van der Waals surface area contributed by atoms with Crippen LogP contribution in [0.2, 0.25) is 0 Å². The highest BCUT2D eigenvalue weighted by atomic mass is 16.2. The summed E-state index contributed by atoms with van der Waals surface area (Å²) in [5, 5.41) is 7.41. The third-order valence-electron chi connectivity index (χ3n) is 4.63. The molecule has 2 aromatic rings. The summed E-state index contributed by atoms with van der Waals surface area (Å²) in [6.45, 7) is 0. The first-order valence-corrected chi connectivity index (χ1v) is 7.94. The van der Waals surface area contributed by atoms with Crippen LogP contribution < -0.4 is 11.0 Å². The maximum atomic E-state index is 12.2. The highest BCUT2D eigenvalue weighted by Gasteiger charge is 2.28. The lowest BCUT2D eigenvalue weighted by Crippen LogP contribution is -2.43. The minimum absolute atomic E-state index is 0.0941. The van der Waals surface area contributed by atoms with E-state index in [9.17, 15) is 9.59 Å². The van der Waals surface area contributed by atoms with Crippen LogP contribution in [0.15, 0.2) is 17.3 Å². The van der Waals surface area contributed by atoms with Crippen molar-refractivity contribution in [2.75, 3.05) is 0 Å². The number of aryl methyl sites for hydroxylation is 1. The maximum Gasteiger partial charge on any atom is 0.345 e. The molecule has 0 radical (unpaired) electrons. The van der Waals surface area contributed by atoms with E-state index >= 15 is 0 Å². The Morgan fingerprint density at radius 3 is 2.83 bits per heavy atom. The van der Waals surface area contributed by atoms with Crippen LogP contribution in [0.1, 0.15) is 42.0 Å². The molecule has 8 nitrogen and oxygen atoms in total. The molecule has 0 aliphatic heterocycles. The lowest BCUT2D eigenvalue weighted by Gasteiger charge is -2.31. The third-order valence-corrected chi connectivity index (χ3v) is 4.63. The highest BCUT2D eigenvalue weighted by Crippen LogP contribution is 2.27. The molecule has 2 aromatic heterocycles. The molecule has 1 aliphatic rings. The monoisotopic (exact) mass is 318 g/mol. The molecule has 23 heavy (non-hydrogen) atoms. The summed E-state index contributed by atoms with van der Waals surface area (Å²) in [6.07, 6.45) is 7.94. The summed E-state index contributed by atoms with van der Waals surface area (Å²) in [4.78, 5) is 30.8. The van der Waals surface area contributed by atoms with E-state index in [0.717, 1.165) is 31.5 Å². The molecule has 8 heteroatoms. The predicted octanol–water partition coefficient (Wildman–Crippen LogP) is 0.373. The molecule has 1 fully saturated rings. The van der Waals surface area contributed by atoms with Crippen molar-refractivity contribution in [3.63, 3.8) is 0 Å². The molecule has 2 heterocycles. The number of H-pyrrole nitrogens is 1. The molecule has 2 atom stereocenters. The van der Waals surface area contributed by atoms with Gasteiger partial charge in [-0.05, 0) is 18.8 Å². The summed E-state index contributed by atoms with van der Waals surface area (Å²) >= 11 is 0. The first-order valence-electron chi connectivity index (χ1n) is 7.94. The minimum Gasteiger partial charge on any atom is -0.348 e. The second-order valence-corrected chi connectivity index (χ2v) is 6.18. The van der Waals surface area contributed by atoms with Crippen molar-refractivity contribution in [3.8, 4) is 0 Å². The minimum atomic E-state index is -0.130. The number of amides is 1. The molecule has 1 aliphatic carbocycles. The van der Waals surface area contributed by atoms with E-state index in [2.05, 4.69) is 20.4 Å². The van der Waals surface area contributed by atoms with E-state index in [0.29, 0.717) is 12.1 Å². The largest absolute Gasteiger partial charge is 0.348 e. The second-order valence-electron chi connectivity index (χ2n) is 6.18. The fraction of sp³-hybridized carbons (Fsp3) is 0.600. The molecule has 0 spiro atoms. The van der Waals surface area contributed by atoms with Gasteiger partial charge in [0.2, 0.25) is 0 Å². The van der Waals surface area contributed by atoms with Gasteiger partial charge in [-0.15, -0.1) is 0 Å². The van der Waals surface area contributed by atoms with Crippen molar-refractivity contribution in [2.24, 2.45) is 20.0 Å². The van der Waals surface area contributed by atoms with Crippen LogP contribution in [0.25, 0.3) is 0 Å². The Hall–Kier alpha value is -2.38. The van der Waals surface area contributed by atoms with Gasteiger partial charge in [0.05, 0.1) is 12.5 Å². The quantitative estimate of drug-likeness (QED) is 0.851. The fourth-order valence-corrected chi connectivity index (χ4v) is 3.29. The summed E-state index contributed by atoms with van der Waals surface area (Å²) in [7, 11) is 3.40. The summed E-state index contributed by atoms with van der Waals surface area (Å²) < 4.78 is 2.94. The third kappa shape index (κ3) is 3.20.